The summed E-state index contributed by atoms with van der Waals surface area (Å²) < 4.78 is 11.5. The molecule has 102 valence electrons. The van der Waals surface area contributed by atoms with Crippen molar-refractivity contribution in [2.75, 3.05) is 33.4 Å². The van der Waals surface area contributed by atoms with Crippen LogP contribution in [0.4, 0.5) is 0 Å². The Morgan fingerprint density at radius 3 is 2.89 bits per heavy atom. The topological polar surface area (TPSA) is 54.3 Å². The first-order valence-electron chi connectivity index (χ1n) is 6.21. The number of benzene rings is 1. The largest absolute Gasteiger partial charge is 0.496 e. The van der Waals surface area contributed by atoms with Crippen LogP contribution in [0.2, 0.25) is 0 Å². The summed E-state index contributed by atoms with van der Waals surface area (Å²) in [6, 6.07) is 8.31. The van der Waals surface area contributed by atoms with Gasteiger partial charge in [-0.05, 0) is 36.7 Å². The van der Waals surface area contributed by atoms with E-state index in [1.54, 1.807) is 7.11 Å². The molecule has 5 heteroatoms. The van der Waals surface area contributed by atoms with Crippen LogP contribution in [-0.2, 0) is 11.2 Å². The first-order valence-corrected chi connectivity index (χ1v) is 7.00. The third kappa shape index (κ3) is 3.47. The lowest BCUT2D eigenvalue weighted by atomic mass is 9.88. The quantitative estimate of drug-likeness (QED) is 0.814. The second-order valence-corrected chi connectivity index (χ2v) is 5.68. The monoisotopic (exact) mass is 324 g/mol. The normalized spacial score (nSPS) is 16.5. The zero-order valence-electron chi connectivity index (χ0n) is 10.9. The van der Waals surface area contributed by atoms with Crippen LogP contribution < -0.4 is 10.1 Å². The number of methoxy groups -OCH3 is 1. The Morgan fingerprint density at radius 1 is 1.53 bits per heavy atom. The standard InChI is InChI=1S/C14H17BrN2O2/c1-18-13-3-2-12(15)6-11(13)4-5-17-8-14(7-16)9-19-10-14/h2-3,6,17H,4-5,8-10H2,1H3. The molecule has 0 amide bonds. The fourth-order valence-electron chi connectivity index (χ4n) is 2.05. The average molecular weight is 325 g/mol. The van der Waals surface area contributed by atoms with Crippen LogP contribution in [0.5, 0.6) is 5.75 Å². The minimum atomic E-state index is -0.318. The van der Waals surface area contributed by atoms with Gasteiger partial charge < -0.3 is 14.8 Å². The Kier molecular flexibility index (Phi) is 4.81. The third-order valence-electron chi connectivity index (χ3n) is 3.27. The van der Waals surface area contributed by atoms with Crippen molar-refractivity contribution in [3.05, 3.63) is 28.2 Å². The molecule has 0 atom stereocenters. The van der Waals surface area contributed by atoms with Crippen molar-refractivity contribution < 1.29 is 9.47 Å². The predicted molar refractivity (Wildman–Crippen MR) is 76.1 cm³/mol. The molecule has 1 heterocycles. The summed E-state index contributed by atoms with van der Waals surface area (Å²) in [7, 11) is 1.68. The highest BCUT2D eigenvalue weighted by Crippen LogP contribution is 2.26. The van der Waals surface area contributed by atoms with Crippen LogP contribution in [-0.4, -0.2) is 33.4 Å². The molecular formula is C14H17BrN2O2. The van der Waals surface area contributed by atoms with Gasteiger partial charge in [-0.15, -0.1) is 0 Å². The molecule has 0 bridgehead atoms. The molecule has 0 unspecified atom stereocenters. The number of hydrogen-bond donors (Lipinski definition) is 1. The Balaban J connectivity index is 1.83. The van der Waals surface area contributed by atoms with Crippen molar-refractivity contribution >= 4 is 15.9 Å². The third-order valence-corrected chi connectivity index (χ3v) is 3.76. The van der Waals surface area contributed by atoms with E-state index in [2.05, 4.69) is 33.4 Å². The van der Waals surface area contributed by atoms with Crippen LogP contribution >= 0.6 is 15.9 Å². The number of ether oxygens (including phenoxy) is 2. The van der Waals surface area contributed by atoms with Gasteiger partial charge in [0.1, 0.15) is 11.2 Å². The number of rotatable bonds is 6. The summed E-state index contributed by atoms with van der Waals surface area (Å²) >= 11 is 3.46. The van der Waals surface area contributed by atoms with Crippen molar-refractivity contribution in [2.24, 2.45) is 5.41 Å². The Morgan fingerprint density at radius 2 is 2.32 bits per heavy atom. The lowest BCUT2D eigenvalue weighted by Gasteiger charge is -2.35. The van der Waals surface area contributed by atoms with Gasteiger partial charge in [0, 0.05) is 11.0 Å². The van der Waals surface area contributed by atoms with Crippen molar-refractivity contribution in [2.45, 2.75) is 6.42 Å². The predicted octanol–water partition coefficient (Wildman–Crippen LogP) is 2.13. The van der Waals surface area contributed by atoms with E-state index in [9.17, 15) is 0 Å². The summed E-state index contributed by atoms with van der Waals surface area (Å²) in [5, 5.41) is 12.4. The number of hydrogen-bond acceptors (Lipinski definition) is 4. The van der Waals surface area contributed by atoms with Crippen LogP contribution in [0, 0.1) is 16.7 Å². The molecule has 1 fully saturated rings. The van der Waals surface area contributed by atoms with E-state index in [0.717, 1.165) is 28.8 Å². The molecule has 1 aromatic carbocycles. The van der Waals surface area contributed by atoms with E-state index >= 15 is 0 Å². The summed E-state index contributed by atoms with van der Waals surface area (Å²) in [6.07, 6.45) is 0.866. The molecule has 2 rings (SSSR count). The molecule has 0 radical (unpaired) electrons. The van der Waals surface area contributed by atoms with Gasteiger partial charge in [0.2, 0.25) is 0 Å². The summed E-state index contributed by atoms with van der Waals surface area (Å²) in [5.41, 5.74) is 0.835. The second kappa shape index (κ2) is 6.38. The van der Waals surface area contributed by atoms with Crippen LogP contribution in [0.3, 0.4) is 0 Å². The Labute approximate surface area is 121 Å². The van der Waals surface area contributed by atoms with Gasteiger partial charge in [-0.3, -0.25) is 0 Å². The maximum Gasteiger partial charge on any atom is 0.122 e. The molecule has 1 aliphatic rings. The average Bonchev–Trinajstić information content (AvgIpc) is 2.37. The van der Waals surface area contributed by atoms with Crippen LogP contribution in [0.25, 0.3) is 0 Å². The van der Waals surface area contributed by atoms with Crippen molar-refractivity contribution in [3.8, 4) is 11.8 Å². The molecule has 1 aliphatic heterocycles. The van der Waals surface area contributed by atoms with Crippen molar-refractivity contribution in [1.29, 1.82) is 5.26 Å². The fourth-order valence-corrected chi connectivity index (χ4v) is 2.46. The lowest BCUT2D eigenvalue weighted by Crippen LogP contribution is -2.48. The molecule has 1 N–H and O–H groups in total. The van der Waals surface area contributed by atoms with Crippen LogP contribution in [0.1, 0.15) is 5.56 Å². The number of halogens is 1. The SMILES string of the molecule is COc1ccc(Br)cc1CCNCC1(C#N)COC1. The lowest BCUT2D eigenvalue weighted by molar-refractivity contribution is -0.0752. The van der Waals surface area contributed by atoms with Crippen molar-refractivity contribution in [3.63, 3.8) is 0 Å². The van der Waals surface area contributed by atoms with Gasteiger partial charge in [0.25, 0.3) is 0 Å². The van der Waals surface area contributed by atoms with E-state index < -0.39 is 0 Å². The van der Waals surface area contributed by atoms with Gasteiger partial charge in [0.15, 0.2) is 0 Å². The Hall–Kier alpha value is -1.09. The van der Waals surface area contributed by atoms with Gasteiger partial charge in [0.05, 0.1) is 26.4 Å². The van der Waals surface area contributed by atoms with Gasteiger partial charge in [-0.1, -0.05) is 15.9 Å². The highest BCUT2D eigenvalue weighted by Gasteiger charge is 2.38. The zero-order chi connectivity index (χ0) is 13.7. The van der Waals surface area contributed by atoms with E-state index in [4.69, 9.17) is 14.7 Å². The number of nitrogens with one attached hydrogen (secondary N) is 1. The summed E-state index contributed by atoms with van der Waals surface area (Å²) in [4.78, 5) is 0. The molecular weight excluding hydrogens is 308 g/mol. The molecule has 1 aromatic rings. The van der Waals surface area contributed by atoms with E-state index in [-0.39, 0.29) is 5.41 Å². The van der Waals surface area contributed by atoms with Crippen LogP contribution in [0.15, 0.2) is 22.7 Å². The van der Waals surface area contributed by atoms with E-state index in [0.29, 0.717) is 19.8 Å². The highest BCUT2D eigenvalue weighted by molar-refractivity contribution is 9.10. The van der Waals surface area contributed by atoms with Gasteiger partial charge in [-0.2, -0.15) is 5.26 Å². The maximum atomic E-state index is 9.08. The fraction of sp³-hybridized carbons (Fsp3) is 0.500. The first-order chi connectivity index (χ1) is 9.19. The molecule has 4 nitrogen and oxygen atoms in total. The second-order valence-electron chi connectivity index (χ2n) is 4.77. The molecule has 0 spiro atoms. The molecule has 19 heavy (non-hydrogen) atoms. The molecule has 0 aromatic heterocycles. The molecule has 0 aliphatic carbocycles. The maximum absolute atomic E-state index is 9.08. The number of nitrogens with zero attached hydrogens (tertiary/aromatic N) is 1. The highest BCUT2D eigenvalue weighted by atomic mass is 79.9. The zero-order valence-corrected chi connectivity index (χ0v) is 12.5. The van der Waals surface area contributed by atoms with Gasteiger partial charge >= 0.3 is 0 Å². The first kappa shape index (κ1) is 14.3. The Bertz CT molecular complexity index is 481. The smallest absolute Gasteiger partial charge is 0.122 e. The summed E-state index contributed by atoms with van der Waals surface area (Å²) in [6.45, 7) is 2.57. The van der Waals surface area contributed by atoms with Gasteiger partial charge in [-0.25, -0.2) is 0 Å². The van der Waals surface area contributed by atoms with E-state index in [1.807, 2.05) is 12.1 Å². The van der Waals surface area contributed by atoms with Crippen molar-refractivity contribution in [1.82, 2.24) is 5.32 Å². The molecule has 0 saturated carbocycles. The minimum absolute atomic E-state index is 0.318. The van der Waals surface area contributed by atoms with E-state index in [1.165, 1.54) is 0 Å². The molecule has 1 saturated heterocycles. The summed E-state index contributed by atoms with van der Waals surface area (Å²) in [5.74, 6) is 0.895. The minimum Gasteiger partial charge on any atom is -0.496 e. The number of nitriles is 1.